The number of halogens is 1. The van der Waals surface area contributed by atoms with Gasteiger partial charge in [0.05, 0.1) is 11.6 Å². The van der Waals surface area contributed by atoms with E-state index in [1.54, 1.807) is 11.8 Å². The number of anilines is 1. The molecule has 132 valence electrons. The maximum absolute atomic E-state index is 13.2. The third kappa shape index (κ3) is 3.10. The zero-order chi connectivity index (χ0) is 17.4. The zero-order valence-electron chi connectivity index (χ0n) is 14.1. The van der Waals surface area contributed by atoms with E-state index in [2.05, 4.69) is 34.6 Å². The van der Waals surface area contributed by atoms with E-state index in [-0.39, 0.29) is 11.0 Å². The van der Waals surface area contributed by atoms with Crippen molar-refractivity contribution < 1.29 is 9.18 Å². The van der Waals surface area contributed by atoms with Gasteiger partial charge in [-0.05, 0) is 42.2 Å². The van der Waals surface area contributed by atoms with Crippen LogP contribution in [-0.2, 0) is 10.2 Å². The van der Waals surface area contributed by atoms with Crippen molar-refractivity contribution in [3.8, 4) is 0 Å². The highest BCUT2D eigenvalue weighted by atomic mass is 32.2. The van der Waals surface area contributed by atoms with Crippen LogP contribution in [0.3, 0.4) is 0 Å². The number of amides is 1. The molecule has 3 nitrogen and oxygen atoms in total. The Balaban J connectivity index is 1.63. The van der Waals surface area contributed by atoms with Crippen LogP contribution >= 0.6 is 23.1 Å². The van der Waals surface area contributed by atoms with E-state index < -0.39 is 5.41 Å². The van der Waals surface area contributed by atoms with E-state index in [1.165, 1.54) is 30.6 Å². The summed E-state index contributed by atoms with van der Waals surface area (Å²) in [7, 11) is 0. The van der Waals surface area contributed by atoms with Crippen LogP contribution in [0.5, 0.6) is 0 Å². The minimum Gasteiger partial charge on any atom is -0.301 e. The van der Waals surface area contributed by atoms with Gasteiger partial charge in [0.2, 0.25) is 5.91 Å². The number of carbonyl (C=O) groups is 1. The van der Waals surface area contributed by atoms with Crippen molar-refractivity contribution in [3.63, 3.8) is 0 Å². The number of carbonyl (C=O) groups excluding carboxylic acids is 1. The molecular formula is C19H21FN2OS2. The molecule has 1 aromatic carbocycles. The van der Waals surface area contributed by atoms with Gasteiger partial charge in [-0.1, -0.05) is 49.2 Å². The molecule has 0 aliphatic heterocycles. The molecule has 1 N–H and O–H groups in total. The normalized spacial score (nSPS) is 25.9. The van der Waals surface area contributed by atoms with Crippen molar-refractivity contribution in [2.75, 3.05) is 11.6 Å². The van der Waals surface area contributed by atoms with Gasteiger partial charge in [-0.3, -0.25) is 4.79 Å². The molecule has 2 aromatic rings. The number of hydrogen-bond acceptors (Lipinski definition) is 4. The number of aromatic nitrogens is 1. The van der Waals surface area contributed by atoms with Gasteiger partial charge in [0, 0.05) is 4.90 Å². The first-order valence-corrected chi connectivity index (χ1v) is 10.7. The molecule has 2 saturated carbocycles. The molecule has 6 heteroatoms. The van der Waals surface area contributed by atoms with Gasteiger partial charge >= 0.3 is 0 Å². The molecular weight excluding hydrogens is 355 g/mol. The summed E-state index contributed by atoms with van der Waals surface area (Å²) in [6.45, 7) is 0. The summed E-state index contributed by atoms with van der Waals surface area (Å²) in [5, 5.41) is 2.84. The summed E-state index contributed by atoms with van der Waals surface area (Å²) >= 11 is 2.58. The molecule has 2 aliphatic rings. The highest BCUT2D eigenvalue weighted by Crippen LogP contribution is 2.61. The molecule has 1 amide bonds. The van der Waals surface area contributed by atoms with Gasteiger partial charge in [-0.15, -0.1) is 11.8 Å². The molecule has 0 spiro atoms. The number of hydrogen-bond donors (Lipinski definition) is 1. The molecule has 2 atom stereocenters. The van der Waals surface area contributed by atoms with E-state index in [4.69, 9.17) is 0 Å². The quantitative estimate of drug-likeness (QED) is 0.739. The topological polar surface area (TPSA) is 42.0 Å². The van der Waals surface area contributed by atoms with Crippen LogP contribution in [0.25, 0.3) is 0 Å². The molecule has 4 rings (SSSR count). The van der Waals surface area contributed by atoms with Crippen molar-refractivity contribution in [2.45, 2.75) is 42.4 Å². The highest BCUT2D eigenvalue weighted by Gasteiger charge is 2.63. The van der Waals surface area contributed by atoms with Crippen molar-refractivity contribution in [1.82, 2.24) is 4.98 Å². The average molecular weight is 377 g/mol. The standard InChI is InChI=1S/C19H21FN2OS2/c1-24-14-8-6-13(7-9-14)19(10-15(19)12-4-2-3-5-12)17(23)22-18-21-11-16(20)25-18/h6-9,11-12,15H,2-5,10H2,1H3,(H,21,22,23)/t15?,19-/m0/s1. The Kier molecular flexibility index (Phi) is 4.58. The number of rotatable bonds is 5. The van der Waals surface area contributed by atoms with E-state index in [9.17, 15) is 9.18 Å². The molecule has 1 unspecified atom stereocenters. The van der Waals surface area contributed by atoms with Crippen LogP contribution in [0.4, 0.5) is 9.52 Å². The Labute approximate surface area is 155 Å². The van der Waals surface area contributed by atoms with E-state index in [1.807, 2.05) is 6.26 Å². The Morgan fingerprint density at radius 3 is 2.64 bits per heavy atom. The fourth-order valence-corrected chi connectivity index (χ4v) is 5.30. The Bertz CT molecular complexity index is 770. The van der Waals surface area contributed by atoms with Crippen LogP contribution in [0.15, 0.2) is 35.4 Å². The van der Waals surface area contributed by atoms with Crippen LogP contribution < -0.4 is 5.32 Å². The van der Waals surface area contributed by atoms with Crippen molar-refractivity contribution in [3.05, 3.63) is 41.2 Å². The first kappa shape index (κ1) is 17.0. The van der Waals surface area contributed by atoms with Crippen LogP contribution in [0.1, 0.15) is 37.7 Å². The first-order valence-electron chi connectivity index (χ1n) is 8.71. The van der Waals surface area contributed by atoms with Crippen molar-refractivity contribution >= 4 is 34.1 Å². The lowest BCUT2D eigenvalue weighted by atomic mass is 9.87. The number of thioether (sulfide) groups is 1. The lowest BCUT2D eigenvalue weighted by Crippen LogP contribution is -2.31. The van der Waals surface area contributed by atoms with Gasteiger partial charge in [-0.25, -0.2) is 4.98 Å². The second-order valence-electron chi connectivity index (χ2n) is 6.98. The van der Waals surface area contributed by atoms with Gasteiger partial charge in [-0.2, -0.15) is 4.39 Å². The monoisotopic (exact) mass is 376 g/mol. The number of thiazole rings is 1. The zero-order valence-corrected chi connectivity index (χ0v) is 15.8. The molecule has 1 aromatic heterocycles. The number of benzene rings is 1. The maximum Gasteiger partial charge on any atom is 0.237 e. The second-order valence-corrected chi connectivity index (χ2v) is 8.84. The second kappa shape index (κ2) is 6.72. The van der Waals surface area contributed by atoms with Crippen molar-refractivity contribution in [2.24, 2.45) is 11.8 Å². The summed E-state index contributed by atoms with van der Waals surface area (Å²) in [6, 6.07) is 8.34. The van der Waals surface area contributed by atoms with Crippen LogP contribution in [0, 0.1) is 17.0 Å². The molecule has 2 aliphatic carbocycles. The SMILES string of the molecule is CSc1ccc([C@@]2(C(=O)Nc3ncc(F)s3)CC2C2CCCC2)cc1. The van der Waals surface area contributed by atoms with Gasteiger partial charge < -0.3 is 5.32 Å². The van der Waals surface area contributed by atoms with Crippen LogP contribution in [0.2, 0.25) is 0 Å². The highest BCUT2D eigenvalue weighted by molar-refractivity contribution is 7.98. The minimum absolute atomic E-state index is 0.0318. The predicted molar refractivity (Wildman–Crippen MR) is 101 cm³/mol. The number of nitrogens with one attached hydrogen (secondary N) is 1. The largest absolute Gasteiger partial charge is 0.301 e. The van der Waals surface area contributed by atoms with E-state index in [0.29, 0.717) is 17.0 Å². The van der Waals surface area contributed by atoms with Crippen molar-refractivity contribution in [1.29, 1.82) is 0 Å². The fourth-order valence-electron chi connectivity index (χ4n) is 4.35. The summed E-state index contributed by atoms with van der Waals surface area (Å²) in [5.41, 5.74) is 0.602. The third-order valence-corrected chi connectivity index (χ3v) is 7.14. The molecule has 0 bridgehead atoms. The average Bonchev–Trinajstić information content (AvgIpc) is 2.95. The summed E-state index contributed by atoms with van der Waals surface area (Å²) in [5.74, 6) is 0.981. The molecule has 25 heavy (non-hydrogen) atoms. The fraction of sp³-hybridized carbons (Fsp3) is 0.474. The Morgan fingerprint density at radius 1 is 1.32 bits per heavy atom. The Morgan fingerprint density at radius 2 is 2.04 bits per heavy atom. The molecule has 2 fully saturated rings. The minimum atomic E-state index is -0.478. The summed E-state index contributed by atoms with van der Waals surface area (Å²) < 4.78 is 13.2. The lowest BCUT2D eigenvalue weighted by molar-refractivity contribution is -0.119. The van der Waals surface area contributed by atoms with Gasteiger partial charge in [0.25, 0.3) is 0 Å². The summed E-state index contributed by atoms with van der Waals surface area (Å²) in [6.07, 6.45) is 9.05. The molecule has 0 saturated heterocycles. The third-order valence-electron chi connectivity index (χ3n) is 5.69. The first-order chi connectivity index (χ1) is 12.1. The van der Waals surface area contributed by atoms with Crippen LogP contribution in [-0.4, -0.2) is 17.1 Å². The van der Waals surface area contributed by atoms with E-state index >= 15 is 0 Å². The molecule has 1 heterocycles. The van der Waals surface area contributed by atoms with Gasteiger partial charge in [0.15, 0.2) is 10.3 Å². The smallest absolute Gasteiger partial charge is 0.237 e. The van der Waals surface area contributed by atoms with E-state index in [0.717, 1.165) is 29.5 Å². The number of nitrogens with zero attached hydrogens (tertiary/aromatic N) is 1. The summed E-state index contributed by atoms with van der Waals surface area (Å²) in [4.78, 5) is 18.3. The predicted octanol–water partition coefficient (Wildman–Crippen LogP) is 5.09. The molecule has 0 radical (unpaired) electrons. The lowest BCUT2D eigenvalue weighted by Gasteiger charge is -2.20. The Hall–Kier alpha value is -1.40. The van der Waals surface area contributed by atoms with Gasteiger partial charge in [0.1, 0.15) is 0 Å². The maximum atomic E-state index is 13.2.